The smallest absolute Gasteiger partial charge is 0.317 e. The number of furan rings is 1. The molecule has 0 spiro atoms. The van der Waals surface area contributed by atoms with Gasteiger partial charge < -0.3 is 9.52 Å². The Hall–Kier alpha value is -1.85. The predicted octanol–water partition coefficient (Wildman–Crippen LogP) is 2.80. The first-order valence-corrected chi connectivity index (χ1v) is 8.30. The molecule has 1 N–H and O–H groups in total. The quantitative estimate of drug-likeness (QED) is 0.888. The summed E-state index contributed by atoms with van der Waals surface area (Å²) in [6.07, 6.45) is 3.80. The van der Waals surface area contributed by atoms with E-state index in [0.717, 1.165) is 50.0 Å². The molecule has 1 aliphatic rings. The third-order valence-corrected chi connectivity index (χ3v) is 4.74. The summed E-state index contributed by atoms with van der Waals surface area (Å²) in [6.45, 7) is 5.97. The van der Waals surface area contributed by atoms with Gasteiger partial charge in [0.1, 0.15) is 5.58 Å². The molecule has 1 saturated heterocycles. The number of carboxylic acids is 1. The molecule has 2 heterocycles. The van der Waals surface area contributed by atoms with Crippen molar-refractivity contribution in [1.29, 1.82) is 0 Å². The first-order valence-electron chi connectivity index (χ1n) is 8.30. The number of hydrogen-bond donors (Lipinski definition) is 1. The monoisotopic (exact) mass is 316 g/mol. The molecule has 5 heteroatoms. The summed E-state index contributed by atoms with van der Waals surface area (Å²) in [4.78, 5) is 15.5. The lowest BCUT2D eigenvalue weighted by molar-refractivity contribution is -0.139. The van der Waals surface area contributed by atoms with Gasteiger partial charge in [0.2, 0.25) is 0 Å². The average Bonchev–Trinajstić information content (AvgIpc) is 3.01. The minimum Gasteiger partial charge on any atom is -0.480 e. The van der Waals surface area contributed by atoms with Crippen LogP contribution in [0.3, 0.4) is 0 Å². The van der Waals surface area contributed by atoms with Gasteiger partial charge in [-0.15, -0.1) is 0 Å². The Kier molecular flexibility index (Phi) is 4.98. The molecule has 1 aromatic heterocycles. The Morgan fingerprint density at radius 2 is 2.13 bits per heavy atom. The Labute approximate surface area is 136 Å². The van der Waals surface area contributed by atoms with Crippen molar-refractivity contribution in [3.63, 3.8) is 0 Å². The Balaban J connectivity index is 1.55. The highest BCUT2D eigenvalue weighted by Crippen LogP contribution is 2.21. The van der Waals surface area contributed by atoms with Gasteiger partial charge in [-0.2, -0.15) is 0 Å². The van der Waals surface area contributed by atoms with Crippen molar-refractivity contribution >= 4 is 16.9 Å². The lowest BCUT2D eigenvalue weighted by Crippen LogP contribution is -2.46. The SMILES string of the molecule is CCN(CC(=O)O)C1CCN(Cc2ccc3occc3c2)CC1. The normalized spacial score (nSPS) is 17.1. The fraction of sp³-hybridized carbons (Fsp3) is 0.500. The number of likely N-dealkylation sites (N-methyl/N-ethyl adjacent to an activating group) is 1. The van der Waals surface area contributed by atoms with Gasteiger partial charge in [0.15, 0.2) is 0 Å². The van der Waals surface area contributed by atoms with Crippen LogP contribution >= 0.6 is 0 Å². The molecule has 0 radical (unpaired) electrons. The van der Waals surface area contributed by atoms with Crippen LogP contribution in [0.1, 0.15) is 25.3 Å². The average molecular weight is 316 g/mol. The largest absolute Gasteiger partial charge is 0.480 e. The molecule has 0 unspecified atom stereocenters. The van der Waals surface area contributed by atoms with E-state index in [1.54, 1.807) is 6.26 Å². The summed E-state index contributed by atoms with van der Waals surface area (Å²) in [5.74, 6) is -0.734. The number of fused-ring (bicyclic) bond motifs is 1. The third kappa shape index (κ3) is 3.92. The second kappa shape index (κ2) is 7.15. The zero-order chi connectivity index (χ0) is 16.2. The van der Waals surface area contributed by atoms with Gasteiger partial charge in [0.05, 0.1) is 12.8 Å². The first-order chi connectivity index (χ1) is 11.2. The lowest BCUT2D eigenvalue weighted by atomic mass is 10.0. The van der Waals surface area contributed by atoms with E-state index in [9.17, 15) is 4.79 Å². The minimum absolute atomic E-state index is 0.151. The maximum absolute atomic E-state index is 10.9. The van der Waals surface area contributed by atoms with E-state index >= 15 is 0 Å². The number of nitrogens with zero attached hydrogens (tertiary/aromatic N) is 2. The van der Waals surface area contributed by atoms with E-state index in [1.165, 1.54) is 5.56 Å². The molecule has 0 amide bonds. The molecule has 0 saturated carbocycles. The van der Waals surface area contributed by atoms with Crippen molar-refractivity contribution in [3.05, 3.63) is 36.1 Å². The standard InChI is InChI=1S/C18H24N2O3/c1-2-20(13-18(21)22)16-5-8-19(9-6-16)12-14-3-4-17-15(11-14)7-10-23-17/h3-4,7,10-11,16H,2,5-6,8-9,12-13H2,1H3,(H,21,22). The topological polar surface area (TPSA) is 56.9 Å². The second-order valence-electron chi connectivity index (χ2n) is 6.26. The van der Waals surface area contributed by atoms with Crippen molar-refractivity contribution in [2.75, 3.05) is 26.2 Å². The van der Waals surface area contributed by atoms with Crippen LogP contribution in [0.5, 0.6) is 0 Å². The Morgan fingerprint density at radius 3 is 2.83 bits per heavy atom. The fourth-order valence-corrected chi connectivity index (χ4v) is 3.49. The van der Waals surface area contributed by atoms with Crippen LogP contribution in [0.4, 0.5) is 0 Å². The van der Waals surface area contributed by atoms with E-state index in [4.69, 9.17) is 9.52 Å². The van der Waals surface area contributed by atoms with Gasteiger partial charge in [-0.1, -0.05) is 13.0 Å². The summed E-state index contributed by atoms with van der Waals surface area (Å²) < 4.78 is 5.38. The molecule has 5 nitrogen and oxygen atoms in total. The number of benzene rings is 1. The number of carbonyl (C=O) groups is 1. The maximum atomic E-state index is 10.9. The van der Waals surface area contributed by atoms with E-state index in [-0.39, 0.29) is 6.54 Å². The molecule has 0 atom stereocenters. The summed E-state index contributed by atoms with van der Waals surface area (Å²) in [6, 6.07) is 8.73. The molecule has 3 rings (SSSR count). The lowest BCUT2D eigenvalue weighted by Gasteiger charge is -2.37. The van der Waals surface area contributed by atoms with Gasteiger partial charge in [0, 0.05) is 18.0 Å². The van der Waals surface area contributed by atoms with Crippen molar-refractivity contribution in [2.45, 2.75) is 32.4 Å². The van der Waals surface area contributed by atoms with Crippen molar-refractivity contribution in [3.8, 4) is 0 Å². The van der Waals surface area contributed by atoms with Crippen LogP contribution < -0.4 is 0 Å². The van der Waals surface area contributed by atoms with Crippen molar-refractivity contribution in [2.24, 2.45) is 0 Å². The molecule has 1 fully saturated rings. The number of aliphatic carboxylic acids is 1. The van der Waals surface area contributed by atoms with E-state index in [2.05, 4.69) is 21.9 Å². The zero-order valence-electron chi connectivity index (χ0n) is 13.6. The molecule has 124 valence electrons. The zero-order valence-corrected chi connectivity index (χ0v) is 13.6. The van der Waals surface area contributed by atoms with Crippen LogP contribution in [-0.4, -0.2) is 53.1 Å². The molecular formula is C18H24N2O3. The van der Waals surface area contributed by atoms with Gasteiger partial charge in [0.25, 0.3) is 0 Å². The highest BCUT2D eigenvalue weighted by atomic mass is 16.4. The number of piperidine rings is 1. The summed E-state index contributed by atoms with van der Waals surface area (Å²) >= 11 is 0. The molecule has 23 heavy (non-hydrogen) atoms. The summed E-state index contributed by atoms with van der Waals surface area (Å²) in [5, 5.41) is 10.2. The highest BCUT2D eigenvalue weighted by Gasteiger charge is 2.24. The van der Waals surface area contributed by atoms with Crippen LogP contribution in [0.25, 0.3) is 11.0 Å². The van der Waals surface area contributed by atoms with Crippen LogP contribution in [0.15, 0.2) is 34.9 Å². The minimum atomic E-state index is -0.734. The highest BCUT2D eigenvalue weighted by molar-refractivity contribution is 5.77. The first kappa shape index (κ1) is 16.0. The second-order valence-corrected chi connectivity index (χ2v) is 6.26. The predicted molar refractivity (Wildman–Crippen MR) is 89.4 cm³/mol. The van der Waals surface area contributed by atoms with Crippen molar-refractivity contribution < 1.29 is 14.3 Å². The molecule has 1 aromatic carbocycles. The van der Waals surface area contributed by atoms with E-state index in [1.807, 2.05) is 19.1 Å². The number of likely N-dealkylation sites (tertiary alicyclic amines) is 1. The van der Waals surface area contributed by atoms with Gasteiger partial charge in [-0.05, 0) is 56.2 Å². The van der Waals surface area contributed by atoms with Crippen LogP contribution in [-0.2, 0) is 11.3 Å². The van der Waals surface area contributed by atoms with Crippen LogP contribution in [0, 0.1) is 0 Å². The molecule has 0 aliphatic carbocycles. The number of carboxylic acid groups (broad SMARTS) is 1. The number of hydrogen-bond acceptors (Lipinski definition) is 4. The van der Waals surface area contributed by atoms with Crippen LogP contribution in [0.2, 0.25) is 0 Å². The fourth-order valence-electron chi connectivity index (χ4n) is 3.49. The molecule has 0 bridgehead atoms. The summed E-state index contributed by atoms with van der Waals surface area (Å²) in [5.41, 5.74) is 2.23. The van der Waals surface area contributed by atoms with Gasteiger partial charge in [-0.25, -0.2) is 0 Å². The van der Waals surface area contributed by atoms with E-state index < -0.39 is 5.97 Å². The van der Waals surface area contributed by atoms with Crippen molar-refractivity contribution in [1.82, 2.24) is 9.80 Å². The Bertz CT molecular complexity index is 659. The number of rotatable bonds is 6. The van der Waals surface area contributed by atoms with E-state index in [0.29, 0.717) is 6.04 Å². The molecule has 1 aliphatic heterocycles. The summed E-state index contributed by atoms with van der Waals surface area (Å²) in [7, 11) is 0. The molecule has 2 aromatic rings. The van der Waals surface area contributed by atoms with Gasteiger partial charge >= 0.3 is 5.97 Å². The maximum Gasteiger partial charge on any atom is 0.317 e. The van der Waals surface area contributed by atoms with Gasteiger partial charge in [-0.3, -0.25) is 14.6 Å². The Morgan fingerprint density at radius 1 is 1.35 bits per heavy atom. The third-order valence-electron chi connectivity index (χ3n) is 4.74. The molecular weight excluding hydrogens is 292 g/mol.